The molecule has 23 heavy (non-hydrogen) atoms. The Morgan fingerprint density at radius 2 is 2.13 bits per heavy atom. The maximum Gasteiger partial charge on any atom is 0.245 e. The number of hydrogen-bond acceptors (Lipinski definition) is 5. The minimum absolute atomic E-state index is 0.149. The van der Waals surface area contributed by atoms with Crippen molar-refractivity contribution in [3.63, 3.8) is 0 Å². The van der Waals surface area contributed by atoms with Crippen molar-refractivity contribution < 1.29 is 14.4 Å². The largest absolute Gasteiger partial charge is 0.368 e. The highest BCUT2D eigenvalue weighted by Gasteiger charge is 2.37. The summed E-state index contributed by atoms with van der Waals surface area (Å²) < 4.78 is 0. The molecule has 0 spiro atoms. The van der Waals surface area contributed by atoms with Gasteiger partial charge < -0.3 is 16.0 Å². The van der Waals surface area contributed by atoms with Crippen LogP contribution in [0.4, 0.5) is 0 Å². The third kappa shape index (κ3) is 4.60. The predicted molar refractivity (Wildman–Crippen MR) is 89.6 cm³/mol. The van der Waals surface area contributed by atoms with Crippen molar-refractivity contribution >= 4 is 29.5 Å². The van der Waals surface area contributed by atoms with Gasteiger partial charge in [0.25, 0.3) is 0 Å². The molecule has 8 heteroatoms. The first-order chi connectivity index (χ1) is 10.9. The molecule has 2 aliphatic rings. The van der Waals surface area contributed by atoms with Crippen molar-refractivity contribution in [2.45, 2.75) is 51.2 Å². The standard InChI is InChI=1S/C15H26N4O3S/c1-9(2)6-10(18-14(21)11-7-23-8-17-11)15(22)19-5-3-4-12(19)13(16)20/h9-12,17H,3-8H2,1-2H3,(H2,16,20)(H,18,21)/t10-,11+,12-/m0/s1. The first kappa shape index (κ1) is 18.1. The van der Waals surface area contributed by atoms with E-state index in [1.807, 2.05) is 13.8 Å². The van der Waals surface area contributed by atoms with E-state index in [1.54, 1.807) is 11.8 Å². The molecule has 0 aromatic heterocycles. The van der Waals surface area contributed by atoms with Crippen LogP contribution in [0.1, 0.15) is 33.1 Å². The highest BCUT2D eigenvalue weighted by Crippen LogP contribution is 2.20. The van der Waals surface area contributed by atoms with Crippen LogP contribution in [0, 0.1) is 5.92 Å². The quantitative estimate of drug-likeness (QED) is 0.612. The predicted octanol–water partition coefficient (Wildman–Crippen LogP) is -0.344. The lowest BCUT2D eigenvalue weighted by molar-refractivity contribution is -0.141. The number of carbonyl (C=O) groups is 3. The highest BCUT2D eigenvalue weighted by atomic mass is 32.2. The fraction of sp³-hybridized carbons (Fsp3) is 0.800. The van der Waals surface area contributed by atoms with E-state index < -0.39 is 18.0 Å². The summed E-state index contributed by atoms with van der Waals surface area (Å²) in [4.78, 5) is 38.2. The maximum atomic E-state index is 12.8. The number of nitrogens with zero attached hydrogens (tertiary/aromatic N) is 1. The van der Waals surface area contributed by atoms with Crippen LogP contribution in [0.3, 0.4) is 0 Å². The third-order valence-corrected chi connectivity index (χ3v) is 5.16. The van der Waals surface area contributed by atoms with E-state index in [9.17, 15) is 14.4 Å². The number of rotatable bonds is 6. The second kappa shape index (κ2) is 8.01. The van der Waals surface area contributed by atoms with Crippen LogP contribution >= 0.6 is 11.8 Å². The van der Waals surface area contributed by atoms with Crippen LogP contribution in [-0.2, 0) is 14.4 Å². The molecule has 2 heterocycles. The van der Waals surface area contributed by atoms with Crippen molar-refractivity contribution in [1.29, 1.82) is 0 Å². The lowest BCUT2D eigenvalue weighted by atomic mass is 10.0. The molecule has 3 amide bonds. The molecule has 2 aliphatic heterocycles. The Bertz CT molecular complexity index is 466. The molecular weight excluding hydrogens is 316 g/mol. The summed E-state index contributed by atoms with van der Waals surface area (Å²) in [5.74, 6) is 0.894. The zero-order chi connectivity index (χ0) is 17.0. The number of likely N-dealkylation sites (tertiary alicyclic amines) is 1. The number of hydrogen-bond donors (Lipinski definition) is 3. The molecule has 2 saturated heterocycles. The lowest BCUT2D eigenvalue weighted by Crippen LogP contribution is -2.55. The molecule has 0 unspecified atom stereocenters. The number of thioether (sulfide) groups is 1. The number of nitrogens with two attached hydrogens (primary N) is 1. The van der Waals surface area contributed by atoms with Gasteiger partial charge in [-0.05, 0) is 25.2 Å². The van der Waals surface area contributed by atoms with E-state index in [0.717, 1.165) is 12.3 Å². The summed E-state index contributed by atoms with van der Waals surface area (Å²) in [7, 11) is 0. The van der Waals surface area contributed by atoms with Gasteiger partial charge in [-0.1, -0.05) is 13.8 Å². The average Bonchev–Trinajstić information content (AvgIpc) is 3.16. The fourth-order valence-electron chi connectivity index (χ4n) is 3.06. The molecule has 0 saturated carbocycles. The van der Waals surface area contributed by atoms with Crippen LogP contribution in [0.2, 0.25) is 0 Å². The van der Waals surface area contributed by atoms with Crippen LogP contribution in [0.15, 0.2) is 0 Å². The molecule has 3 atom stereocenters. The minimum Gasteiger partial charge on any atom is -0.368 e. The van der Waals surface area contributed by atoms with Gasteiger partial charge in [0.15, 0.2) is 0 Å². The monoisotopic (exact) mass is 342 g/mol. The van der Waals surface area contributed by atoms with Crippen molar-refractivity contribution in [3.8, 4) is 0 Å². The van der Waals surface area contributed by atoms with Crippen molar-refractivity contribution in [1.82, 2.24) is 15.5 Å². The molecule has 0 aromatic rings. The Balaban J connectivity index is 2.05. The maximum absolute atomic E-state index is 12.8. The smallest absolute Gasteiger partial charge is 0.245 e. The summed E-state index contributed by atoms with van der Waals surface area (Å²) in [6.07, 6.45) is 1.92. The van der Waals surface area contributed by atoms with E-state index >= 15 is 0 Å². The number of carbonyl (C=O) groups excluding carboxylic acids is 3. The third-order valence-electron chi connectivity index (χ3n) is 4.22. The van der Waals surface area contributed by atoms with Crippen molar-refractivity contribution in [2.24, 2.45) is 11.7 Å². The molecule has 2 fully saturated rings. The average molecular weight is 342 g/mol. The van der Waals surface area contributed by atoms with Crippen LogP contribution < -0.4 is 16.4 Å². The van der Waals surface area contributed by atoms with Gasteiger partial charge in [0, 0.05) is 18.2 Å². The molecule has 4 N–H and O–H groups in total. The molecule has 0 aromatic carbocycles. The van der Waals surface area contributed by atoms with Crippen LogP contribution in [0.25, 0.3) is 0 Å². The molecule has 0 bridgehead atoms. The normalized spacial score (nSPS) is 25.6. The number of nitrogens with one attached hydrogen (secondary N) is 2. The first-order valence-electron chi connectivity index (χ1n) is 8.11. The van der Waals surface area contributed by atoms with Gasteiger partial charge in [0.2, 0.25) is 17.7 Å². The second-order valence-electron chi connectivity index (χ2n) is 6.55. The van der Waals surface area contributed by atoms with Gasteiger partial charge in [-0.25, -0.2) is 0 Å². The zero-order valence-corrected chi connectivity index (χ0v) is 14.5. The highest BCUT2D eigenvalue weighted by molar-refractivity contribution is 7.99. The van der Waals surface area contributed by atoms with Gasteiger partial charge in [0.05, 0.1) is 6.04 Å². The topological polar surface area (TPSA) is 105 Å². The van der Waals surface area contributed by atoms with E-state index in [4.69, 9.17) is 5.73 Å². The van der Waals surface area contributed by atoms with Crippen LogP contribution in [-0.4, -0.2) is 58.9 Å². The van der Waals surface area contributed by atoms with E-state index in [0.29, 0.717) is 25.1 Å². The lowest BCUT2D eigenvalue weighted by Gasteiger charge is -2.29. The number of primary amides is 1. The van der Waals surface area contributed by atoms with E-state index in [2.05, 4.69) is 10.6 Å². The molecular formula is C15H26N4O3S. The molecule has 7 nitrogen and oxygen atoms in total. The Morgan fingerprint density at radius 1 is 1.39 bits per heavy atom. The summed E-state index contributed by atoms with van der Waals surface area (Å²) in [5.41, 5.74) is 5.40. The number of amides is 3. The van der Waals surface area contributed by atoms with Gasteiger partial charge in [-0.3, -0.25) is 19.7 Å². The minimum atomic E-state index is -0.602. The molecule has 130 valence electrons. The van der Waals surface area contributed by atoms with Gasteiger partial charge in [0.1, 0.15) is 12.1 Å². The van der Waals surface area contributed by atoms with Crippen LogP contribution in [0.5, 0.6) is 0 Å². The zero-order valence-electron chi connectivity index (χ0n) is 13.7. The molecule has 2 rings (SSSR count). The molecule has 0 aliphatic carbocycles. The van der Waals surface area contributed by atoms with Gasteiger partial charge in [-0.15, -0.1) is 11.8 Å². The van der Waals surface area contributed by atoms with E-state index in [-0.39, 0.29) is 23.8 Å². The first-order valence-corrected chi connectivity index (χ1v) is 9.27. The summed E-state index contributed by atoms with van der Waals surface area (Å²) in [6.45, 7) is 4.53. The fourth-order valence-corrected chi connectivity index (χ4v) is 4.00. The van der Waals surface area contributed by atoms with Gasteiger partial charge in [-0.2, -0.15) is 0 Å². The Morgan fingerprint density at radius 3 is 2.70 bits per heavy atom. The Kier molecular flexibility index (Phi) is 6.29. The van der Waals surface area contributed by atoms with Crippen molar-refractivity contribution in [2.75, 3.05) is 18.2 Å². The summed E-state index contributed by atoms with van der Waals surface area (Å²) in [5, 5.41) is 5.97. The van der Waals surface area contributed by atoms with E-state index in [1.165, 1.54) is 4.90 Å². The second-order valence-corrected chi connectivity index (χ2v) is 7.58. The SMILES string of the molecule is CC(C)C[C@H](NC(=O)[C@H]1CSCN1)C(=O)N1CCC[C@H]1C(N)=O. The molecule has 0 radical (unpaired) electrons. The Hall–Kier alpha value is -1.28. The Labute approximate surface area is 141 Å². The van der Waals surface area contributed by atoms with Crippen molar-refractivity contribution in [3.05, 3.63) is 0 Å². The summed E-state index contributed by atoms with van der Waals surface area (Å²) >= 11 is 1.66. The summed E-state index contributed by atoms with van der Waals surface area (Å²) in [6, 6.07) is -1.41. The van der Waals surface area contributed by atoms with Gasteiger partial charge >= 0.3 is 0 Å².